The van der Waals surface area contributed by atoms with E-state index in [4.69, 9.17) is 5.73 Å². The minimum atomic E-state index is -0.199. The minimum Gasteiger partial charge on any atom is -0.370 e. The van der Waals surface area contributed by atoms with Crippen LogP contribution < -0.4 is 15.5 Å². The van der Waals surface area contributed by atoms with Gasteiger partial charge in [0.1, 0.15) is 11.6 Å². The van der Waals surface area contributed by atoms with Crippen LogP contribution in [0.3, 0.4) is 0 Å². The van der Waals surface area contributed by atoms with Gasteiger partial charge in [0.05, 0.1) is 6.54 Å². The maximum absolute atomic E-state index is 13.1. The molecule has 1 aliphatic heterocycles. The van der Waals surface area contributed by atoms with Gasteiger partial charge < -0.3 is 20.4 Å². The van der Waals surface area contributed by atoms with Crippen molar-refractivity contribution >= 4 is 17.5 Å². The first-order chi connectivity index (χ1) is 13.6. The molecule has 1 saturated carbocycles. The van der Waals surface area contributed by atoms with Gasteiger partial charge in [-0.05, 0) is 54.8 Å². The zero-order valence-electron chi connectivity index (χ0n) is 16.3. The van der Waals surface area contributed by atoms with E-state index in [0.717, 1.165) is 43.2 Å². The Kier molecular flexibility index (Phi) is 5.32. The summed E-state index contributed by atoms with van der Waals surface area (Å²) >= 11 is 0. The summed E-state index contributed by atoms with van der Waals surface area (Å²) in [4.78, 5) is 15.7. The second-order valence-corrected chi connectivity index (χ2v) is 7.49. The van der Waals surface area contributed by atoms with Gasteiger partial charge in [0.25, 0.3) is 0 Å². The lowest BCUT2D eigenvalue weighted by Gasteiger charge is -2.36. The van der Waals surface area contributed by atoms with E-state index >= 15 is 0 Å². The first-order valence-electron chi connectivity index (χ1n) is 9.83. The molecule has 1 aliphatic carbocycles. The van der Waals surface area contributed by atoms with Crippen molar-refractivity contribution in [3.8, 4) is 0 Å². The lowest BCUT2D eigenvalue weighted by molar-refractivity contribution is 0.487. The van der Waals surface area contributed by atoms with Gasteiger partial charge in [0, 0.05) is 51.2 Å². The number of guanidine groups is 1. The highest BCUT2D eigenvalue weighted by molar-refractivity contribution is 5.78. The Bertz CT molecular complexity index is 825. The largest absolute Gasteiger partial charge is 0.370 e. The lowest BCUT2D eigenvalue weighted by atomic mass is 10.2. The molecule has 1 aromatic carbocycles. The van der Waals surface area contributed by atoms with Gasteiger partial charge in [-0.2, -0.15) is 0 Å². The molecule has 1 aromatic heterocycles. The van der Waals surface area contributed by atoms with Crippen LogP contribution in [0.5, 0.6) is 0 Å². The van der Waals surface area contributed by atoms with Crippen molar-refractivity contribution in [1.29, 1.82) is 0 Å². The number of aliphatic imine (C=N–C) groups is 1. The SMILES string of the molecule is CN(C(N)=NCc1ccnc(N2CCN(c3ccc(F)cc3)CC2)c1)C1CC1. The van der Waals surface area contributed by atoms with Crippen LogP contribution in [0.4, 0.5) is 15.9 Å². The van der Waals surface area contributed by atoms with Crippen molar-refractivity contribution < 1.29 is 4.39 Å². The molecule has 2 fully saturated rings. The van der Waals surface area contributed by atoms with Crippen LogP contribution in [0.1, 0.15) is 18.4 Å². The molecule has 4 rings (SSSR count). The van der Waals surface area contributed by atoms with Crippen molar-refractivity contribution in [1.82, 2.24) is 9.88 Å². The fourth-order valence-corrected chi connectivity index (χ4v) is 3.51. The Morgan fingerprint density at radius 3 is 2.50 bits per heavy atom. The minimum absolute atomic E-state index is 0.199. The molecule has 0 unspecified atom stereocenters. The third-order valence-electron chi connectivity index (χ3n) is 5.48. The molecular formula is C21H27FN6. The zero-order chi connectivity index (χ0) is 19.5. The average Bonchev–Trinajstić information content (AvgIpc) is 3.58. The number of aromatic nitrogens is 1. The van der Waals surface area contributed by atoms with Crippen molar-refractivity contribution in [2.24, 2.45) is 10.7 Å². The van der Waals surface area contributed by atoms with Crippen molar-refractivity contribution in [3.63, 3.8) is 0 Å². The predicted octanol–water partition coefficient (Wildman–Crippen LogP) is 2.46. The molecule has 0 radical (unpaired) electrons. The maximum Gasteiger partial charge on any atom is 0.191 e. The molecule has 2 N–H and O–H groups in total. The third-order valence-corrected chi connectivity index (χ3v) is 5.48. The van der Waals surface area contributed by atoms with Crippen LogP contribution >= 0.6 is 0 Å². The molecule has 148 valence electrons. The van der Waals surface area contributed by atoms with E-state index in [1.165, 1.54) is 25.0 Å². The summed E-state index contributed by atoms with van der Waals surface area (Å²) in [6.07, 6.45) is 4.25. The number of halogens is 1. The quantitative estimate of drug-likeness (QED) is 0.636. The highest BCUT2D eigenvalue weighted by Crippen LogP contribution is 2.25. The number of nitrogens with two attached hydrogens (primary N) is 1. The Morgan fingerprint density at radius 1 is 1.14 bits per heavy atom. The van der Waals surface area contributed by atoms with E-state index in [-0.39, 0.29) is 5.82 Å². The summed E-state index contributed by atoms with van der Waals surface area (Å²) in [6, 6.07) is 11.4. The second kappa shape index (κ2) is 8.04. The first kappa shape index (κ1) is 18.5. The molecule has 2 aromatic rings. The highest BCUT2D eigenvalue weighted by atomic mass is 19.1. The highest BCUT2D eigenvalue weighted by Gasteiger charge is 2.27. The number of nitrogens with zero attached hydrogens (tertiary/aromatic N) is 5. The van der Waals surface area contributed by atoms with E-state index in [9.17, 15) is 4.39 Å². The fourth-order valence-electron chi connectivity index (χ4n) is 3.51. The molecule has 0 amide bonds. The predicted molar refractivity (Wildman–Crippen MR) is 111 cm³/mol. The van der Waals surface area contributed by atoms with E-state index in [0.29, 0.717) is 18.5 Å². The molecule has 7 heteroatoms. The molecular weight excluding hydrogens is 355 g/mol. The summed E-state index contributed by atoms with van der Waals surface area (Å²) in [5, 5.41) is 0. The monoisotopic (exact) mass is 382 g/mol. The molecule has 2 aliphatic rings. The van der Waals surface area contributed by atoms with Crippen LogP contribution in [-0.4, -0.2) is 55.1 Å². The van der Waals surface area contributed by atoms with E-state index in [2.05, 4.69) is 30.7 Å². The van der Waals surface area contributed by atoms with Gasteiger partial charge in [-0.1, -0.05) is 0 Å². The summed E-state index contributed by atoms with van der Waals surface area (Å²) in [5.41, 5.74) is 8.26. The van der Waals surface area contributed by atoms with Crippen LogP contribution in [0.2, 0.25) is 0 Å². The molecule has 0 spiro atoms. The summed E-state index contributed by atoms with van der Waals surface area (Å²) in [7, 11) is 2.01. The van der Waals surface area contributed by atoms with Crippen molar-refractivity contribution in [2.45, 2.75) is 25.4 Å². The molecule has 2 heterocycles. The normalized spacial score (nSPS) is 17.7. The second-order valence-electron chi connectivity index (χ2n) is 7.49. The standard InChI is InChI=1S/C21H27FN6/c1-26(18-6-7-18)21(23)25-15-16-8-9-24-20(14-16)28-12-10-27(11-13-28)19-4-2-17(22)3-5-19/h2-5,8-9,14,18H,6-7,10-13,15H2,1H3,(H2,23,25). The van der Waals surface area contributed by atoms with E-state index in [1.54, 1.807) is 0 Å². The molecule has 0 atom stereocenters. The fraction of sp³-hybridized carbons (Fsp3) is 0.429. The van der Waals surface area contributed by atoms with Crippen molar-refractivity contribution in [3.05, 3.63) is 54.0 Å². The van der Waals surface area contributed by atoms with Crippen LogP contribution in [0.25, 0.3) is 0 Å². The third kappa shape index (κ3) is 4.35. The number of rotatable bonds is 5. The molecule has 0 bridgehead atoms. The maximum atomic E-state index is 13.1. The smallest absolute Gasteiger partial charge is 0.191 e. The van der Waals surface area contributed by atoms with Gasteiger partial charge in [-0.25, -0.2) is 14.4 Å². The lowest BCUT2D eigenvalue weighted by Crippen LogP contribution is -2.46. The first-order valence-corrected chi connectivity index (χ1v) is 9.83. The summed E-state index contributed by atoms with van der Waals surface area (Å²) in [6.45, 7) is 4.09. The number of hydrogen-bond acceptors (Lipinski definition) is 4. The van der Waals surface area contributed by atoms with Crippen LogP contribution in [-0.2, 0) is 6.54 Å². The number of piperazine rings is 1. The summed E-state index contributed by atoms with van der Waals surface area (Å²) < 4.78 is 13.1. The average molecular weight is 382 g/mol. The van der Waals surface area contributed by atoms with Gasteiger partial charge in [-0.15, -0.1) is 0 Å². The van der Waals surface area contributed by atoms with Crippen LogP contribution in [0, 0.1) is 5.82 Å². The van der Waals surface area contributed by atoms with E-state index in [1.807, 2.05) is 31.4 Å². The Labute approximate surface area is 165 Å². The summed E-state index contributed by atoms with van der Waals surface area (Å²) in [5.74, 6) is 1.38. The van der Waals surface area contributed by atoms with Gasteiger partial charge in [0.2, 0.25) is 0 Å². The number of benzene rings is 1. The van der Waals surface area contributed by atoms with Gasteiger partial charge in [-0.3, -0.25) is 0 Å². The topological polar surface area (TPSA) is 61.0 Å². The molecule has 6 nitrogen and oxygen atoms in total. The van der Waals surface area contributed by atoms with Gasteiger partial charge >= 0.3 is 0 Å². The number of anilines is 2. The van der Waals surface area contributed by atoms with Crippen molar-refractivity contribution in [2.75, 3.05) is 43.0 Å². The Hall–Kier alpha value is -2.83. The number of pyridine rings is 1. The number of hydrogen-bond donors (Lipinski definition) is 1. The zero-order valence-corrected chi connectivity index (χ0v) is 16.3. The molecule has 1 saturated heterocycles. The Morgan fingerprint density at radius 2 is 1.82 bits per heavy atom. The Balaban J connectivity index is 1.35. The molecule has 28 heavy (non-hydrogen) atoms. The van der Waals surface area contributed by atoms with E-state index < -0.39 is 0 Å². The van der Waals surface area contributed by atoms with Crippen LogP contribution in [0.15, 0.2) is 47.6 Å². The van der Waals surface area contributed by atoms with Gasteiger partial charge in [0.15, 0.2) is 5.96 Å².